The lowest BCUT2D eigenvalue weighted by Gasteiger charge is -2.34. The standard InChI is InChI=1S/C15H18BrN3O2/c1-17-14-10-4-11(16)13(5-12(10)18-15(14)20)19-6-8-2-3-9(7-19)21-8/h4-5,8-9,14,17H,2-3,6-7H2,1H3,(H,18,20). The lowest BCUT2D eigenvalue weighted by atomic mass is 10.1. The fraction of sp³-hybridized carbons (Fsp3) is 0.533. The van der Waals surface area contributed by atoms with E-state index in [0.717, 1.165) is 47.3 Å². The molecule has 3 aliphatic heterocycles. The summed E-state index contributed by atoms with van der Waals surface area (Å²) in [6.07, 6.45) is 3.01. The van der Waals surface area contributed by atoms with Crippen molar-refractivity contribution in [3.8, 4) is 0 Å². The average Bonchev–Trinajstić information content (AvgIpc) is 2.96. The summed E-state index contributed by atoms with van der Waals surface area (Å²) in [5.74, 6) is 0.0126. The van der Waals surface area contributed by atoms with Gasteiger partial charge in [0.1, 0.15) is 6.04 Å². The largest absolute Gasteiger partial charge is 0.371 e. The third-order valence-electron chi connectivity index (χ3n) is 4.62. The molecule has 3 atom stereocenters. The van der Waals surface area contributed by atoms with Crippen molar-refractivity contribution in [2.45, 2.75) is 31.1 Å². The third-order valence-corrected chi connectivity index (χ3v) is 5.26. The summed E-state index contributed by atoms with van der Waals surface area (Å²) >= 11 is 3.67. The Kier molecular flexibility index (Phi) is 3.20. The number of likely N-dealkylation sites (N-methyl/N-ethyl adjacent to an activating group) is 1. The van der Waals surface area contributed by atoms with E-state index in [4.69, 9.17) is 4.74 Å². The van der Waals surface area contributed by atoms with E-state index in [-0.39, 0.29) is 11.9 Å². The van der Waals surface area contributed by atoms with E-state index in [2.05, 4.69) is 43.6 Å². The van der Waals surface area contributed by atoms with Gasteiger partial charge in [0.15, 0.2) is 0 Å². The van der Waals surface area contributed by atoms with Crippen molar-refractivity contribution >= 4 is 33.2 Å². The zero-order valence-corrected chi connectivity index (χ0v) is 13.4. The second-order valence-corrected chi connectivity index (χ2v) is 6.82. The van der Waals surface area contributed by atoms with Crippen molar-refractivity contribution in [1.29, 1.82) is 0 Å². The molecular weight excluding hydrogens is 334 g/mol. The minimum absolute atomic E-state index is 0.0126. The molecule has 3 unspecified atom stereocenters. The SMILES string of the molecule is CNC1C(=O)Nc2cc(N3CC4CCC(C3)O4)c(Br)cc21. The average molecular weight is 352 g/mol. The lowest BCUT2D eigenvalue weighted by Crippen LogP contribution is -2.42. The van der Waals surface area contributed by atoms with Crippen molar-refractivity contribution in [2.24, 2.45) is 0 Å². The first kappa shape index (κ1) is 13.5. The first-order chi connectivity index (χ1) is 10.2. The van der Waals surface area contributed by atoms with Gasteiger partial charge in [0, 0.05) is 28.8 Å². The number of carbonyl (C=O) groups excluding carboxylic acids is 1. The first-order valence-corrected chi connectivity index (χ1v) is 8.17. The second kappa shape index (κ2) is 4.97. The van der Waals surface area contributed by atoms with E-state index < -0.39 is 0 Å². The summed E-state index contributed by atoms with van der Waals surface area (Å²) in [5, 5.41) is 6.02. The number of ether oxygens (including phenoxy) is 1. The van der Waals surface area contributed by atoms with Crippen LogP contribution in [0.1, 0.15) is 24.4 Å². The van der Waals surface area contributed by atoms with Crippen LogP contribution in [-0.4, -0.2) is 38.3 Å². The molecule has 0 spiro atoms. The van der Waals surface area contributed by atoms with Crippen molar-refractivity contribution in [2.75, 3.05) is 30.4 Å². The number of halogens is 1. The fourth-order valence-electron chi connectivity index (χ4n) is 3.61. The van der Waals surface area contributed by atoms with Gasteiger partial charge >= 0.3 is 0 Å². The molecule has 6 heteroatoms. The lowest BCUT2D eigenvalue weighted by molar-refractivity contribution is -0.117. The van der Waals surface area contributed by atoms with Crippen LogP contribution in [0.2, 0.25) is 0 Å². The number of benzene rings is 1. The fourth-order valence-corrected chi connectivity index (χ4v) is 4.22. The van der Waals surface area contributed by atoms with Gasteiger partial charge in [0.2, 0.25) is 5.91 Å². The van der Waals surface area contributed by atoms with Crippen molar-refractivity contribution in [1.82, 2.24) is 5.32 Å². The summed E-state index contributed by atoms with van der Waals surface area (Å²) in [6, 6.07) is 3.88. The van der Waals surface area contributed by atoms with Crippen LogP contribution < -0.4 is 15.5 Å². The monoisotopic (exact) mass is 351 g/mol. The van der Waals surface area contributed by atoms with Gasteiger partial charge in [-0.05, 0) is 48.0 Å². The van der Waals surface area contributed by atoms with Gasteiger partial charge in [0.25, 0.3) is 0 Å². The van der Waals surface area contributed by atoms with Crippen molar-refractivity contribution in [3.63, 3.8) is 0 Å². The van der Waals surface area contributed by atoms with E-state index >= 15 is 0 Å². The van der Waals surface area contributed by atoms with Crippen LogP contribution in [0.3, 0.4) is 0 Å². The molecule has 3 aliphatic rings. The van der Waals surface area contributed by atoms with Crippen molar-refractivity contribution < 1.29 is 9.53 Å². The summed E-state index contributed by atoms with van der Waals surface area (Å²) in [4.78, 5) is 14.3. The van der Waals surface area contributed by atoms with Crippen LogP contribution >= 0.6 is 15.9 Å². The maximum absolute atomic E-state index is 12.0. The molecule has 2 fully saturated rings. The van der Waals surface area contributed by atoms with Gasteiger partial charge in [-0.1, -0.05) is 0 Å². The summed E-state index contributed by atoms with van der Waals surface area (Å²) in [5.41, 5.74) is 3.07. The van der Waals surface area contributed by atoms with Gasteiger partial charge in [-0.25, -0.2) is 0 Å². The topological polar surface area (TPSA) is 53.6 Å². The van der Waals surface area contributed by atoms with Gasteiger partial charge in [-0.15, -0.1) is 0 Å². The maximum Gasteiger partial charge on any atom is 0.246 e. The Bertz CT molecular complexity index is 595. The maximum atomic E-state index is 12.0. The molecule has 21 heavy (non-hydrogen) atoms. The smallest absolute Gasteiger partial charge is 0.246 e. The zero-order valence-electron chi connectivity index (χ0n) is 11.9. The number of nitrogens with one attached hydrogen (secondary N) is 2. The number of nitrogens with zero attached hydrogens (tertiary/aromatic N) is 1. The molecule has 2 saturated heterocycles. The first-order valence-electron chi connectivity index (χ1n) is 7.37. The van der Waals surface area contributed by atoms with Gasteiger partial charge < -0.3 is 20.3 Å². The Balaban J connectivity index is 1.68. The van der Waals surface area contributed by atoms with E-state index in [0.29, 0.717) is 12.2 Å². The number of morpholine rings is 1. The number of hydrogen-bond acceptors (Lipinski definition) is 4. The van der Waals surface area contributed by atoms with Crippen LogP contribution in [-0.2, 0) is 9.53 Å². The number of carbonyl (C=O) groups is 1. The summed E-state index contributed by atoms with van der Waals surface area (Å²) in [6.45, 7) is 1.86. The highest BCUT2D eigenvalue weighted by Gasteiger charge is 2.36. The predicted octanol–water partition coefficient (Wildman–Crippen LogP) is 2.03. The molecule has 0 radical (unpaired) electrons. The predicted molar refractivity (Wildman–Crippen MR) is 84.7 cm³/mol. The van der Waals surface area contributed by atoms with Gasteiger partial charge in [0.05, 0.1) is 17.9 Å². The summed E-state index contributed by atoms with van der Waals surface area (Å²) < 4.78 is 6.94. The molecule has 4 rings (SSSR count). The normalized spacial score (nSPS) is 30.5. The highest BCUT2D eigenvalue weighted by molar-refractivity contribution is 9.10. The van der Waals surface area contributed by atoms with E-state index in [1.54, 1.807) is 7.05 Å². The van der Waals surface area contributed by atoms with Crippen LogP contribution in [0.5, 0.6) is 0 Å². The molecule has 5 nitrogen and oxygen atoms in total. The molecule has 1 aromatic rings. The van der Waals surface area contributed by atoms with E-state index in [1.165, 1.54) is 0 Å². The highest BCUT2D eigenvalue weighted by Crippen LogP contribution is 2.40. The number of anilines is 2. The van der Waals surface area contributed by atoms with Crippen LogP contribution in [0.4, 0.5) is 11.4 Å². The molecule has 1 aromatic carbocycles. The molecule has 2 N–H and O–H groups in total. The minimum atomic E-state index is -0.258. The third kappa shape index (κ3) is 2.17. The van der Waals surface area contributed by atoms with Crippen LogP contribution in [0.15, 0.2) is 16.6 Å². The minimum Gasteiger partial charge on any atom is -0.371 e. The Morgan fingerprint density at radius 3 is 2.71 bits per heavy atom. The van der Waals surface area contributed by atoms with Crippen molar-refractivity contribution in [3.05, 3.63) is 22.2 Å². The summed E-state index contributed by atoms with van der Waals surface area (Å²) in [7, 11) is 1.81. The Morgan fingerprint density at radius 1 is 1.33 bits per heavy atom. The molecule has 2 bridgehead atoms. The Labute approximate surface area is 132 Å². The van der Waals surface area contributed by atoms with Gasteiger partial charge in [-0.2, -0.15) is 0 Å². The van der Waals surface area contributed by atoms with Crippen LogP contribution in [0, 0.1) is 0 Å². The number of fused-ring (bicyclic) bond motifs is 3. The van der Waals surface area contributed by atoms with E-state index in [9.17, 15) is 4.79 Å². The zero-order chi connectivity index (χ0) is 14.6. The molecule has 1 amide bonds. The van der Waals surface area contributed by atoms with E-state index in [1.807, 2.05) is 0 Å². The molecular formula is C15H18BrN3O2. The molecule has 0 aliphatic carbocycles. The van der Waals surface area contributed by atoms with Gasteiger partial charge in [-0.3, -0.25) is 4.79 Å². The number of hydrogen-bond donors (Lipinski definition) is 2. The second-order valence-electron chi connectivity index (χ2n) is 5.96. The molecule has 3 heterocycles. The van der Waals surface area contributed by atoms with Crippen LogP contribution in [0.25, 0.3) is 0 Å². The number of amides is 1. The Hall–Kier alpha value is -1.11. The number of rotatable bonds is 2. The molecule has 0 saturated carbocycles. The molecule has 0 aromatic heterocycles. The Morgan fingerprint density at radius 2 is 2.05 bits per heavy atom. The quantitative estimate of drug-likeness (QED) is 0.855. The molecule has 112 valence electrons. The highest BCUT2D eigenvalue weighted by atomic mass is 79.9.